The molecule has 1 saturated heterocycles. The minimum absolute atomic E-state index is 0.224. The van der Waals surface area contributed by atoms with E-state index in [0.29, 0.717) is 0 Å². The molecule has 1 aliphatic heterocycles. The molecule has 1 heterocycles. The molecule has 0 radical (unpaired) electrons. The van der Waals surface area contributed by atoms with E-state index in [1.165, 1.54) is 25.8 Å². The largest absolute Gasteiger partial charge is 0.342 e. The molecule has 17 heavy (non-hydrogen) atoms. The topological polar surface area (TPSA) is 35.6 Å². The Morgan fingerprint density at radius 1 is 1.24 bits per heavy atom. The van der Waals surface area contributed by atoms with Gasteiger partial charge in [-0.1, -0.05) is 0 Å². The van der Waals surface area contributed by atoms with Crippen LogP contribution < -0.4 is 5.32 Å². The third-order valence-electron chi connectivity index (χ3n) is 3.70. The zero-order valence-corrected chi connectivity index (χ0v) is 11.0. The Labute approximate surface area is 104 Å². The number of nitrogens with one attached hydrogen (secondary N) is 1. The van der Waals surface area contributed by atoms with Gasteiger partial charge in [0.25, 0.3) is 0 Å². The van der Waals surface area contributed by atoms with E-state index in [4.69, 9.17) is 0 Å². The van der Waals surface area contributed by atoms with Gasteiger partial charge < -0.3 is 15.1 Å². The fourth-order valence-corrected chi connectivity index (χ4v) is 2.41. The fourth-order valence-electron chi connectivity index (χ4n) is 2.41. The number of amides is 1. The first-order chi connectivity index (χ1) is 8.25. The van der Waals surface area contributed by atoms with E-state index in [9.17, 15) is 4.79 Å². The summed E-state index contributed by atoms with van der Waals surface area (Å²) < 4.78 is 0. The quantitative estimate of drug-likeness (QED) is 0.717. The minimum Gasteiger partial charge on any atom is -0.342 e. The first-order valence-corrected chi connectivity index (χ1v) is 6.97. The van der Waals surface area contributed by atoms with E-state index in [1.807, 2.05) is 4.90 Å². The van der Waals surface area contributed by atoms with Gasteiger partial charge >= 0.3 is 0 Å². The lowest BCUT2D eigenvalue weighted by atomic mass is 10.3. The van der Waals surface area contributed by atoms with Crippen molar-refractivity contribution in [1.29, 1.82) is 0 Å². The highest BCUT2D eigenvalue weighted by Gasteiger charge is 2.20. The van der Waals surface area contributed by atoms with Crippen LogP contribution in [-0.2, 0) is 4.79 Å². The summed E-state index contributed by atoms with van der Waals surface area (Å²) in [4.78, 5) is 15.8. The number of hydrogen-bond acceptors (Lipinski definition) is 3. The summed E-state index contributed by atoms with van der Waals surface area (Å²) in [7, 11) is 0. The Bertz CT molecular complexity index is 253. The predicted molar refractivity (Wildman–Crippen MR) is 69.0 cm³/mol. The third-order valence-corrected chi connectivity index (χ3v) is 3.70. The van der Waals surface area contributed by atoms with Crippen molar-refractivity contribution < 1.29 is 4.79 Å². The number of carbonyl (C=O) groups is 1. The Morgan fingerprint density at radius 2 is 2.06 bits per heavy atom. The summed E-state index contributed by atoms with van der Waals surface area (Å²) in [6.07, 6.45) is 5.10. The van der Waals surface area contributed by atoms with Crippen LogP contribution in [0.25, 0.3) is 0 Å². The van der Waals surface area contributed by atoms with Crippen molar-refractivity contribution >= 4 is 5.91 Å². The second-order valence-corrected chi connectivity index (χ2v) is 5.28. The van der Waals surface area contributed by atoms with Crippen LogP contribution in [0.5, 0.6) is 0 Å². The average Bonchev–Trinajstić information content (AvgIpc) is 3.11. The normalized spacial score (nSPS) is 22.5. The summed E-state index contributed by atoms with van der Waals surface area (Å²) in [5, 5.41) is 3.55. The molecule has 2 fully saturated rings. The van der Waals surface area contributed by atoms with Crippen LogP contribution in [0.1, 0.15) is 32.6 Å². The van der Waals surface area contributed by atoms with Crippen molar-refractivity contribution in [2.45, 2.75) is 38.6 Å². The molecule has 4 nitrogen and oxygen atoms in total. The van der Waals surface area contributed by atoms with Gasteiger partial charge in [-0.3, -0.25) is 4.79 Å². The first kappa shape index (κ1) is 12.8. The van der Waals surface area contributed by atoms with Gasteiger partial charge in [0.1, 0.15) is 0 Å². The van der Waals surface area contributed by atoms with E-state index in [-0.39, 0.29) is 5.91 Å². The maximum atomic E-state index is 11.3. The highest BCUT2D eigenvalue weighted by molar-refractivity contribution is 5.73. The van der Waals surface area contributed by atoms with Crippen LogP contribution in [0.4, 0.5) is 0 Å². The van der Waals surface area contributed by atoms with Crippen LogP contribution in [0.15, 0.2) is 0 Å². The second kappa shape index (κ2) is 6.36. The number of hydrogen-bond donors (Lipinski definition) is 1. The minimum atomic E-state index is 0.224. The molecule has 0 aromatic heterocycles. The fraction of sp³-hybridized carbons (Fsp3) is 0.923. The molecule has 4 heteroatoms. The molecule has 1 saturated carbocycles. The molecule has 0 aromatic carbocycles. The molecule has 0 atom stereocenters. The van der Waals surface area contributed by atoms with Gasteiger partial charge in [-0.25, -0.2) is 0 Å². The monoisotopic (exact) mass is 239 g/mol. The molecule has 2 aliphatic rings. The molecule has 1 N–H and O–H groups in total. The van der Waals surface area contributed by atoms with Crippen molar-refractivity contribution in [3.8, 4) is 0 Å². The maximum absolute atomic E-state index is 11.3. The Balaban J connectivity index is 1.58. The smallest absolute Gasteiger partial charge is 0.219 e. The predicted octanol–water partition coefficient (Wildman–Crippen LogP) is 0.683. The van der Waals surface area contributed by atoms with Crippen LogP contribution >= 0.6 is 0 Å². The third kappa shape index (κ3) is 4.64. The lowest BCUT2D eigenvalue weighted by molar-refractivity contribution is -0.128. The Hall–Kier alpha value is -0.610. The molecule has 2 rings (SSSR count). The van der Waals surface area contributed by atoms with E-state index in [2.05, 4.69) is 10.2 Å². The second-order valence-electron chi connectivity index (χ2n) is 5.28. The van der Waals surface area contributed by atoms with E-state index >= 15 is 0 Å². The summed E-state index contributed by atoms with van der Waals surface area (Å²) in [6.45, 7) is 8.03. The van der Waals surface area contributed by atoms with E-state index < -0.39 is 0 Å². The lowest BCUT2D eigenvalue weighted by Gasteiger charge is -2.21. The molecular weight excluding hydrogens is 214 g/mol. The molecule has 1 aliphatic carbocycles. The molecule has 0 unspecified atom stereocenters. The lowest BCUT2D eigenvalue weighted by Crippen LogP contribution is -2.34. The number of rotatable bonds is 5. The van der Waals surface area contributed by atoms with Crippen molar-refractivity contribution in [1.82, 2.24) is 15.1 Å². The number of nitrogens with zero attached hydrogens (tertiary/aromatic N) is 2. The average molecular weight is 239 g/mol. The van der Waals surface area contributed by atoms with Crippen molar-refractivity contribution in [3.05, 3.63) is 0 Å². The highest BCUT2D eigenvalue weighted by Crippen LogP contribution is 2.18. The van der Waals surface area contributed by atoms with Gasteiger partial charge in [-0.05, 0) is 45.3 Å². The Kier molecular flexibility index (Phi) is 4.80. The van der Waals surface area contributed by atoms with Crippen molar-refractivity contribution in [2.75, 3.05) is 39.3 Å². The van der Waals surface area contributed by atoms with Crippen LogP contribution in [0.3, 0.4) is 0 Å². The molecule has 1 amide bonds. The van der Waals surface area contributed by atoms with Crippen LogP contribution in [0, 0.1) is 0 Å². The molecule has 0 aromatic rings. The van der Waals surface area contributed by atoms with Gasteiger partial charge in [-0.2, -0.15) is 0 Å². The molecule has 0 spiro atoms. The van der Waals surface area contributed by atoms with E-state index in [1.54, 1.807) is 6.92 Å². The Morgan fingerprint density at radius 3 is 2.76 bits per heavy atom. The standard InChI is InChI=1S/C13H25N3O/c1-12(17)16-9-3-8-15(10-11-16)7-2-6-14-13-4-5-13/h13-14H,2-11H2,1H3. The summed E-state index contributed by atoms with van der Waals surface area (Å²) in [5.41, 5.74) is 0. The summed E-state index contributed by atoms with van der Waals surface area (Å²) in [6, 6.07) is 0.826. The van der Waals surface area contributed by atoms with Gasteiger partial charge in [0.15, 0.2) is 0 Å². The molecule has 98 valence electrons. The number of carbonyl (C=O) groups excluding carboxylic acids is 1. The highest BCUT2D eigenvalue weighted by atomic mass is 16.2. The SMILES string of the molecule is CC(=O)N1CCCN(CCCNC2CC2)CC1. The van der Waals surface area contributed by atoms with Gasteiger partial charge in [0.05, 0.1) is 0 Å². The van der Waals surface area contributed by atoms with E-state index in [0.717, 1.165) is 45.2 Å². The van der Waals surface area contributed by atoms with Crippen molar-refractivity contribution in [3.63, 3.8) is 0 Å². The van der Waals surface area contributed by atoms with Crippen molar-refractivity contribution in [2.24, 2.45) is 0 Å². The first-order valence-electron chi connectivity index (χ1n) is 6.97. The molecular formula is C13H25N3O. The zero-order chi connectivity index (χ0) is 12.1. The van der Waals surface area contributed by atoms with Gasteiger partial charge in [-0.15, -0.1) is 0 Å². The van der Waals surface area contributed by atoms with Crippen LogP contribution in [-0.4, -0.2) is 61.0 Å². The maximum Gasteiger partial charge on any atom is 0.219 e. The molecule has 0 bridgehead atoms. The zero-order valence-electron chi connectivity index (χ0n) is 11.0. The van der Waals surface area contributed by atoms with Gasteiger partial charge in [0, 0.05) is 32.6 Å². The summed E-state index contributed by atoms with van der Waals surface area (Å²) in [5.74, 6) is 0.224. The summed E-state index contributed by atoms with van der Waals surface area (Å²) >= 11 is 0. The van der Waals surface area contributed by atoms with Crippen LogP contribution in [0.2, 0.25) is 0 Å². The van der Waals surface area contributed by atoms with Gasteiger partial charge in [0.2, 0.25) is 5.91 Å².